The van der Waals surface area contributed by atoms with Gasteiger partial charge in [0.25, 0.3) is 0 Å². The van der Waals surface area contributed by atoms with Crippen LogP contribution in [0.4, 0.5) is 11.4 Å². The summed E-state index contributed by atoms with van der Waals surface area (Å²) in [6.07, 6.45) is 1.98. The molecule has 0 atom stereocenters. The number of hydrogen-bond donors (Lipinski definition) is 2. The summed E-state index contributed by atoms with van der Waals surface area (Å²) < 4.78 is 0. The Balaban J connectivity index is 3.16. The Morgan fingerprint density at radius 1 is 1.38 bits per heavy atom. The van der Waals surface area contributed by atoms with Crippen LogP contribution in [0.5, 0.6) is 0 Å². The van der Waals surface area contributed by atoms with Gasteiger partial charge in [0.05, 0.1) is 0 Å². The summed E-state index contributed by atoms with van der Waals surface area (Å²) in [5, 5.41) is 6.56. The van der Waals surface area contributed by atoms with Gasteiger partial charge in [-0.2, -0.15) is 0 Å². The second-order valence-corrected chi connectivity index (χ2v) is 4.47. The van der Waals surface area contributed by atoms with Gasteiger partial charge in [0, 0.05) is 30.4 Å². The molecular weight excluding hydrogens is 196 g/mol. The molecule has 0 heterocycles. The lowest BCUT2D eigenvalue weighted by Gasteiger charge is -2.24. The zero-order valence-corrected chi connectivity index (χ0v) is 10.7. The first-order chi connectivity index (χ1) is 7.55. The Kier molecular flexibility index (Phi) is 3.99. The summed E-state index contributed by atoms with van der Waals surface area (Å²) in [7, 11) is 1.95. The predicted octanol–water partition coefficient (Wildman–Crippen LogP) is 3.62. The van der Waals surface area contributed by atoms with E-state index in [0.717, 1.165) is 17.9 Å². The normalized spacial score (nSPS) is 11.0. The molecule has 0 bridgehead atoms. The van der Waals surface area contributed by atoms with Crippen molar-refractivity contribution in [3.8, 4) is 0 Å². The van der Waals surface area contributed by atoms with Crippen molar-refractivity contribution >= 4 is 11.4 Å². The molecule has 2 heteroatoms. The van der Waals surface area contributed by atoms with Gasteiger partial charge in [-0.05, 0) is 24.6 Å². The lowest BCUT2D eigenvalue weighted by atomic mass is 9.83. The molecule has 0 aliphatic carbocycles. The van der Waals surface area contributed by atoms with Crippen LogP contribution in [-0.4, -0.2) is 13.6 Å². The number of benzene rings is 1. The molecule has 0 unspecified atom stereocenters. The van der Waals surface area contributed by atoms with Crippen molar-refractivity contribution in [2.75, 3.05) is 24.2 Å². The third kappa shape index (κ3) is 2.57. The van der Waals surface area contributed by atoms with E-state index in [1.807, 2.05) is 13.1 Å². The first kappa shape index (κ1) is 12.6. The maximum Gasteiger partial charge on any atom is 0.0399 e. The highest BCUT2D eigenvalue weighted by Gasteiger charge is 2.19. The Hall–Kier alpha value is -1.44. The lowest BCUT2D eigenvalue weighted by Crippen LogP contribution is -2.15. The van der Waals surface area contributed by atoms with Crippen LogP contribution in [0.3, 0.4) is 0 Å². The highest BCUT2D eigenvalue weighted by atomic mass is 14.9. The van der Waals surface area contributed by atoms with Gasteiger partial charge in [0.15, 0.2) is 0 Å². The molecule has 2 N–H and O–H groups in total. The van der Waals surface area contributed by atoms with E-state index in [-0.39, 0.29) is 5.41 Å². The maximum atomic E-state index is 3.90. The molecule has 0 aliphatic rings. The highest BCUT2D eigenvalue weighted by molar-refractivity contribution is 5.63. The zero-order chi connectivity index (χ0) is 12.2. The Morgan fingerprint density at radius 3 is 2.56 bits per heavy atom. The fraction of sp³-hybridized carbons (Fsp3) is 0.429. The fourth-order valence-corrected chi connectivity index (χ4v) is 1.74. The number of hydrogen-bond acceptors (Lipinski definition) is 2. The minimum atomic E-state index is -0.0108. The molecule has 88 valence electrons. The van der Waals surface area contributed by atoms with Gasteiger partial charge in [-0.25, -0.2) is 0 Å². The number of nitrogens with one attached hydrogen (secondary N) is 2. The van der Waals surface area contributed by atoms with Gasteiger partial charge in [-0.3, -0.25) is 0 Å². The largest absolute Gasteiger partial charge is 0.388 e. The molecule has 0 aliphatic heterocycles. The van der Waals surface area contributed by atoms with Crippen LogP contribution in [0.2, 0.25) is 0 Å². The quantitative estimate of drug-likeness (QED) is 0.738. The Labute approximate surface area is 98.8 Å². The highest BCUT2D eigenvalue weighted by Crippen LogP contribution is 2.32. The smallest absolute Gasteiger partial charge is 0.0399 e. The molecule has 0 saturated heterocycles. The van der Waals surface area contributed by atoms with Gasteiger partial charge < -0.3 is 10.6 Å². The molecular formula is C14H22N2. The molecule has 0 spiro atoms. The summed E-state index contributed by atoms with van der Waals surface area (Å²) in [5.41, 5.74) is 3.56. The van der Waals surface area contributed by atoms with Gasteiger partial charge >= 0.3 is 0 Å². The van der Waals surface area contributed by atoms with E-state index < -0.39 is 0 Å². The van der Waals surface area contributed by atoms with Crippen molar-refractivity contribution < 1.29 is 0 Å². The number of rotatable bonds is 5. The summed E-state index contributed by atoms with van der Waals surface area (Å²) >= 11 is 0. The van der Waals surface area contributed by atoms with Crippen LogP contribution in [0.1, 0.15) is 26.3 Å². The van der Waals surface area contributed by atoms with Crippen LogP contribution in [-0.2, 0) is 5.41 Å². The van der Waals surface area contributed by atoms with E-state index >= 15 is 0 Å². The van der Waals surface area contributed by atoms with Crippen molar-refractivity contribution in [2.45, 2.75) is 26.2 Å². The third-order valence-electron chi connectivity index (χ3n) is 2.87. The van der Waals surface area contributed by atoms with E-state index in [1.165, 1.54) is 5.56 Å². The molecule has 1 rings (SSSR count). The maximum absolute atomic E-state index is 3.90. The summed E-state index contributed by atoms with van der Waals surface area (Å²) in [6, 6.07) is 6.42. The first-order valence-electron chi connectivity index (χ1n) is 5.75. The van der Waals surface area contributed by atoms with Gasteiger partial charge in [0.2, 0.25) is 0 Å². The van der Waals surface area contributed by atoms with Crippen LogP contribution >= 0.6 is 0 Å². The second-order valence-electron chi connectivity index (χ2n) is 4.47. The zero-order valence-electron chi connectivity index (χ0n) is 10.7. The monoisotopic (exact) mass is 218 g/mol. The first-order valence-corrected chi connectivity index (χ1v) is 5.75. The standard InChI is InChI=1S/C14H22N2/c1-6-14(3,4)12-9-8-11(16-7-2)10-13(12)15-5/h6,8-10,15-16H,1,7H2,2-5H3. The van der Waals surface area contributed by atoms with Crippen LogP contribution in [0.25, 0.3) is 0 Å². The van der Waals surface area contributed by atoms with Crippen molar-refractivity contribution in [1.29, 1.82) is 0 Å². The molecule has 0 fully saturated rings. The third-order valence-corrected chi connectivity index (χ3v) is 2.87. The van der Waals surface area contributed by atoms with Gasteiger partial charge in [0.1, 0.15) is 0 Å². The molecule has 1 aromatic carbocycles. The Morgan fingerprint density at radius 2 is 2.06 bits per heavy atom. The van der Waals surface area contributed by atoms with Crippen LogP contribution < -0.4 is 10.6 Å². The minimum absolute atomic E-state index is 0.0108. The second kappa shape index (κ2) is 5.06. The molecule has 16 heavy (non-hydrogen) atoms. The van der Waals surface area contributed by atoms with Crippen molar-refractivity contribution in [3.05, 3.63) is 36.4 Å². The van der Waals surface area contributed by atoms with E-state index in [1.54, 1.807) is 0 Å². The van der Waals surface area contributed by atoms with E-state index in [4.69, 9.17) is 0 Å². The average Bonchev–Trinajstić information content (AvgIpc) is 2.29. The Bertz CT molecular complexity index is 367. The molecule has 1 aromatic rings. The van der Waals surface area contributed by atoms with E-state index in [2.05, 4.69) is 56.2 Å². The molecule has 2 nitrogen and oxygen atoms in total. The van der Waals surface area contributed by atoms with E-state index in [0.29, 0.717) is 0 Å². The topological polar surface area (TPSA) is 24.1 Å². The number of anilines is 2. The molecule has 0 radical (unpaired) electrons. The fourth-order valence-electron chi connectivity index (χ4n) is 1.74. The van der Waals surface area contributed by atoms with E-state index in [9.17, 15) is 0 Å². The van der Waals surface area contributed by atoms with Gasteiger partial charge in [-0.1, -0.05) is 26.0 Å². The van der Waals surface area contributed by atoms with Crippen molar-refractivity contribution in [1.82, 2.24) is 0 Å². The predicted molar refractivity (Wildman–Crippen MR) is 73.4 cm³/mol. The number of allylic oxidation sites excluding steroid dienone is 1. The molecule has 0 amide bonds. The summed E-state index contributed by atoms with van der Waals surface area (Å²) in [6.45, 7) is 11.3. The molecule has 0 saturated carbocycles. The SMILES string of the molecule is C=CC(C)(C)c1ccc(NCC)cc1NC. The minimum Gasteiger partial charge on any atom is -0.388 e. The molecule has 0 aromatic heterocycles. The van der Waals surface area contributed by atoms with Crippen molar-refractivity contribution in [3.63, 3.8) is 0 Å². The summed E-state index contributed by atoms with van der Waals surface area (Å²) in [4.78, 5) is 0. The van der Waals surface area contributed by atoms with Crippen LogP contribution in [0, 0.1) is 0 Å². The van der Waals surface area contributed by atoms with Crippen molar-refractivity contribution in [2.24, 2.45) is 0 Å². The average molecular weight is 218 g/mol. The lowest BCUT2D eigenvalue weighted by molar-refractivity contribution is 0.674. The summed E-state index contributed by atoms with van der Waals surface area (Å²) in [5.74, 6) is 0. The van der Waals surface area contributed by atoms with Crippen LogP contribution in [0.15, 0.2) is 30.9 Å². The van der Waals surface area contributed by atoms with Gasteiger partial charge in [-0.15, -0.1) is 6.58 Å².